The molecule has 0 bridgehead atoms. The van der Waals surface area contributed by atoms with Gasteiger partial charge in [-0.15, -0.1) is 0 Å². The first-order valence-corrected chi connectivity index (χ1v) is 10.9. The first-order chi connectivity index (χ1) is 15.0. The predicted octanol–water partition coefficient (Wildman–Crippen LogP) is 3.90. The molecule has 1 N–H and O–H groups in total. The Hall–Kier alpha value is -2.87. The van der Waals surface area contributed by atoms with Gasteiger partial charge in [0.05, 0.1) is 11.7 Å². The number of pyridine rings is 1. The molecule has 1 aliphatic carbocycles. The van der Waals surface area contributed by atoms with Crippen LogP contribution in [0.5, 0.6) is 0 Å². The van der Waals surface area contributed by atoms with E-state index in [1.165, 1.54) is 18.6 Å². The zero-order chi connectivity index (χ0) is 21.4. The van der Waals surface area contributed by atoms with Crippen LogP contribution in [-0.2, 0) is 6.54 Å². The van der Waals surface area contributed by atoms with E-state index in [-0.39, 0.29) is 0 Å². The maximum Gasteiger partial charge on any atom is 0.172 e. The molecule has 162 valence electrons. The summed E-state index contributed by atoms with van der Waals surface area (Å²) in [4.78, 5) is 18.6. The van der Waals surface area contributed by atoms with Gasteiger partial charge in [0.1, 0.15) is 17.2 Å². The van der Waals surface area contributed by atoms with Crippen LogP contribution >= 0.6 is 0 Å². The van der Waals surface area contributed by atoms with E-state index in [1.807, 2.05) is 13.0 Å². The maximum atomic E-state index is 14.0. The highest BCUT2D eigenvalue weighted by atomic mass is 19.1. The lowest BCUT2D eigenvalue weighted by molar-refractivity contribution is 0.246. The van der Waals surface area contributed by atoms with Gasteiger partial charge in [-0.1, -0.05) is 6.07 Å². The highest BCUT2D eigenvalue weighted by Crippen LogP contribution is 2.30. The van der Waals surface area contributed by atoms with Gasteiger partial charge >= 0.3 is 0 Å². The quantitative estimate of drug-likeness (QED) is 0.671. The lowest BCUT2D eigenvalue weighted by Crippen LogP contribution is -2.46. The fourth-order valence-electron chi connectivity index (χ4n) is 4.12. The SMILES string of the molecule is Cc1cc2nc(NC3CCC3)c(N3CCN(Cc4ccc(F)cc4F)CC3)nc2cn1. The van der Waals surface area contributed by atoms with Crippen molar-refractivity contribution in [2.45, 2.75) is 38.8 Å². The number of fused-ring (bicyclic) bond motifs is 1. The van der Waals surface area contributed by atoms with E-state index >= 15 is 0 Å². The number of anilines is 2. The lowest BCUT2D eigenvalue weighted by Gasteiger charge is -2.37. The highest BCUT2D eigenvalue weighted by molar-refractivity contribution is 5.80. The Bertz CT molecular complexity index is 1090. The summed E-state index contributed by atoms with van der Waals surface area (Å²) in [6.07, 6.45) is 5.34. The van der Waals surface area contributed by atoms with Gasteiger partial charge in [-0.05, 0) is 38.3 Å². The fourth-order valence-corrected chi connectivity index (χ4v) is 4.12. The molecule has 2 aliphatic rings. The van der Waals surface area contributed by atoms with E-state index in [1.54, 1.807) is 6.20 Å². The molecule has 3 heterocycles. The molecule has 1 aromatic carbocycles. The molecular formula is C23H26F2N6. The fraction of sp³-hybridized carbons (Fsp3) is 0.435. The van der Waals surface area contributed by atoms with Gasteiger partial charge in [0.2, 0.25) is 0 Å². The standard InChI is InChI=1S/C23H26F2N6/c1-15-11-20-21(13-26-15)29-23(22(28-20)27-18-3-2-4-18)31-9-7-30(8-10-31)14-16-5-6-17(24)12-19(16)25/h5-6,11-13,18H,2-4,7-10,14H2,1H3,(H,27,28). The van der Waals surface area contributed by atoms with Crippen molar-refractivity contribution in [3.8, 4) is 0 Å². The molecule has 0 radical (unpaired) electrons. The summed E-state index contributed by atoms with van der Waals surface area (Å²) in [6.45, 7) is 5.50. The Morgan fingerprint density at radius 2 is 1.84 bits per heavy atom. The van der Waals surface area contributed by atoms with Crippen molar-refractivity contribution < 1.29 is 8.78 Å². The Kier molecular flexibility index (Phi) is 5.40. The second-order valence-corrected chi connectivity index (χ2v) is 8.48. The Labute approximate surface area is 180 Å². The Morgan fingerprint density at radius 1 is 1.03 bits per heavy atom. The molecular weight excluding hydrogens is 398 g/mol. The van der Waals surface area contributed by atoms with Crippen LogP contribution in [0.2, 0.25) is 0 Å². The van der Waals surface area contributed by atoms with Crippen LogP contribution in [0.3, 0.4) is 0 Å². The number of nitrogens with one attached hydrogen (secondary N) is 1. The van der Waals surface area contributed by atoms with E-state index < -0.39 is 11.6 Å². The third kappa shape index (κ3) is 4.30. The number of rotatable bonds is 5. The molecule has 3 aromatic rings. The zero-order valence-corrected chi connectivity index (χ0v) is 17.6. The van der Waals surface area contributed by atoms with E-state index in [4.69, 9.17) is 9.97 Å². The summed E-state index contributed by atoms with van der Waals surface area (Å²) < 4.78 is 27.2. The van der Waals surface area contributed by atoms with Crippen LogP contribution in [0.1, 0.15) is 30.5 Å². The molecule has 0 atom stereocenters. The number of hydrogen-bond acceptors (Lipinski definition) is 6. The van der Waals surface area contributed by atoms with Crippen LogP contribution in [0.15, 0.2) is 30.5 Å². The van der Waals surface area contributed by atoms with Crippen molar-refractivity contribution in [3.05, 3.63) is 53.4 Å². The van der Waals surface area contributed by atoms with Crippen molar-refractivity contribution in [1.82, 2.24) is 19.9 Å². The number of aromatic nitrogens is 3. The molecule has 6 nitrogen and oxygen atoms in total. The number of piperazine rings is 1. The molecule has 2 fully saturated rings. The van der Waals surface area contributed by atoms with E-state index in [9.17, 15) is 8.78 Å². The lowest BCUT2D eigenvalue weighted by atomic mass is 9.93. The minimum absolute atomic E-state index is 0.455. The molecule has 0 unspecified atom stereocenters. The van der Waals surface area contributed by atoms with E-state index in [0.29, 0.717) is 18.2 Å². The Morgan fingerprint density at radius 3 is 2.55 bits per heavy atom. The summed E-state index contributed by atoms with van der Waals surface area (Å²) in [7, 11) is 0. The maximum absolute atomic E-state index is 14.0. The molecule has 1 saturated heterocycles. The normalized spacial score (nSPS) is 17.7. The molecule has 0 spiro atoms. The average Bonchev–Trinajstić information content (AvgIpc) is 2.73. The first-order valence-electron chi connectivity index (χ1n) is 10.9. The van der Waals surface area contributed by atoms with Crippen LogP contribution in [0.4, 0.5) is 20.4 Å². The number of aryl methyl sites for hydroxylation is 1. The monoisotopic (exact) mass is 424 g/mol. The highest BCUT2D eigenvalue weighted by Gasteiger charge is 2.25. The number of nitrogens with zero attached hydrogens (tertiary/aromatic N) is 5. The Balaban J connectivity index is 1.34. The molecule has 0 amide bonds. The van der Waals surface area contributed by atoms with Crippen molar-refractivity contribution in [2.75, 3.05) is 36.4 Å². The first kappa shape index (κ1) is 20.1. The van der Waals surface area contributed by atoms with Gasteiger partial charge in [-0.2, -0.15) is 0 Å². The largest absolute Gasteiger partial charge is 0.364 e. The van der Waals surface area contributed by atoms with Crippen molar-refractivity contribution >= 4 is 22.7 Å². The molecule has 1 aliphatic heterocycles. The second-order valence-electron chi connectivity index (χ2n) is 8.48. The average molecular weight is 424 g/mol. The molecule has 2 aromatic heterocycles. The van der Waals surface area contributed by atoms with E-state index in [0.717, 1.165) is 73.5 Å². The summed E-state index contributed by atoms with van der Waals surface area (Å²) in [6, 6.07) is 6.21. The summed E-state index contributed by atoms with van der Waals surface area (Å²) in [5, 5.41) is 3.59. The van der Waals surface area contributed by atoms with Gasteiger partial charge < -0.3 is 10.2 Å². The number of halogens is 2. The number of benzene rings is 1. The predicted molar refractivity (Wildman–Crippen MR) is 117 cm³/mol. The van der Waals surface area contributed by atoms with Crippen LogP contribution in [-0.4, -0.2) is 52.1 Å². The summed E-state index contributed by atoms with van der Waals surface area (Å²) in [5.41, 5.74) is 3.08. The summed E-state index contributed by atoms with van der Waals surface area (Å²) in [5.74, 6) is 0.660. The minimum Gasteiger partial charge on any atom is -0.364 e. The van der Waals surface area contributed by atoms with Gasteiger partial charge in [0.25, 0.3) is 0 Å². The topological polar surface area (TPSA) is 57.2 Å². The van der Waals surface area contributed by atoms with Crippen LogP contribution in [0.25, 0.3) is 11.0 Å². The third-order valence-electron chi connectivity index (χ3n) is 6.20. The zero-order valence-electron chi connectivity index (χ0n) is 17.6. The molecule has 5 rings (SSSR count). The smallest absolute Gasteiger partial charge is 0.172 e. The van der Waals surface area contributed by atoms with Gasteiger partial charge in [0, 0.05) is 56.1 Å². The van der Waals surface area contributed by atoms with Crippen LogP contribution in [0, 0.1) is 18.6 Å². The van der Waals surface area contributed by atoms with Gasteiger partial charge in [-0.25, -0.2) is 18.7 Å². The van der Waals surface area contributed by atoms with Crippen molar-refractivity contribution in [2.24, 2.45) is 0 Å². The minimum atomic E-state index is -0.544. The van der Waals surface area contributed by atoms with Crippen molar-refractivity contribution in [3.63, 3.8) is 0 Å². The molecule has 8 heteroatoms. The molecule has 31 heavy (non-hydrogen) atoms. The van der Waals surface area contributed by atoms with Crippen molar-refractivity contribution in [1.29, 1.82) is 0 Å². The second kappa shape index (κ2) is 8.34. The van der Waals surface area contributed by atoms with Gasteiger partial charge in [0.15, 0.2) is 11.6 Å². The number of hydrogen-bond donors (Lipinski definition) is 1. The third-order valence-corrected chi connectivity index (χ3v) is 6.20. The molecule has 1 saturated carbocycles. The van der Waals surface area contributed by atoms with Gasteiger partial charge in [-0.3, -0.25) is 9.88 Å². The van der Waals surface area contributed by atoms with E-state index in [2.05, 4.69) is 20.1 Å². The van der Waals surface area contributed by atoms with Crippen LogP contribution < -0.4 is 10.2 Å². The summed E-state index contributed by atoms with van der Waals surface area (Å²) >= 11 is 0.